The van der Waals surface area contributed by atoms with E-state index in [1.165, 1.54) is 11.3 Å². The minimum Gasteiger partial charge on any atom is -0.431 e. The summed E-state index contributed by atoms with van der Waals surface area (Å²) in [6.45, 7) is 4.40. The molecule has 0 radical (unpaired) electrons. The zero-order valence-electron chi connectivity index (χ0n) is 33.2. The Balaban J connectivity index is 0.921. The van der Waals surface area contributed by atoms with Crippen molar-refractivity contribution in [1.29, 1.82) is 0 Å². The molecule has 3 amide bonds. The number of aromatic nitrogens is 6. The number of aromatic amines is 2. The van der Waals surface area contributed by atoms with Gasteiger partial charge in [0.15, 0.2) is 5.82 Å². The van der Waals surface area contributed by atoms with E-state index in [4.69, 9.17) is 15.5 Å². The molecule has 0 aliphatic carbocycles. The van der Waals surface area contributed by atoms with E-state index in [0.717, 1.165) is 78.2 Å². The summed E-state index contributed by atoms with van der Waals surface area (Å²) in [5, 5.41) is 0. The van der Waals surface area contributed by atoms with Gasteiger partial charge in [0.1, 0.15) is 17.7 Å². The van der Waals surface area contributed by atoms with Gasteiger partial charge in [0.25, 0.3) is 5.91 Å². The number of nitrogens with two attached hydrogens (primary N) is 1. The molecule has 0 spiro atoms. The molecule has 4 atom stereocenters. The fraction of sp³-hybridized carbons (Fsp3) is 0.311. The lowest BCUT2D eigenvalue weighted by atomic mass is 10.00. The van der Waals surface area contributed by atoms with Crippen molar-refractivity contribution in [2.24, 2.45) is 5.73 Å². The van der Waals surface area contributed by atoms with Crippen molar-refractivity contribution in [3.8, 4) is 33.9 Å². The molecule has 2 aliphatic heterocycles. The first-order chi connectivity index (χ1) is 28.7. The number of hydrogen-bond acceptors (Lipinski definition) is 9. The minimum absolute atomic E-state index is 0.126. The number of hydrogen-bond donors (Lipinski definition) is 3. The van der Waals surface area contributed by atoms with Gasteiger partial charge in [-0.05, 0) is 56.8 Å². The summed E-state index contributed by atoms with van der Waals surface area (Å²) < 4.78 is 5.21. The van der Waals surface area contributed by atoms with Crippen molar-refractivity contribution in [2.75, 3.05) is 26.7 Å². The van der Waals surface area contributed by atoms with E-state index in [9.17, 15) is 14.4 Å². The lowest BCUT2D eigenvalue weighted by Crippen LogP contribution is -2.44. The molecule has 14 heteroatoms. The Morgan fingerprint density at radius 1 is 0.729 bits per heavy atom. The van der Waals surface area contributed by atoms with Crippen molar-refractivity contribution in [1.82, 2.24) is 44.6 Å². The second-order valence-corrected chi connectivity index (χ2v) is 15.2. The first-order valence-corrected chi connectivity index (χ1v) is 20.2. The fourth-order valence-corrected chi connectivity index (χ4v) is 8.12. The highest BCUT2D eigenvalue weighted by molar-refractivity contribution is 5.85. The number of benzene rings is 3. The Morgan fingerprint density at radius 2 is 1.36 bits per heavy atom. The first kappa shape index (κ1) is 39.2. The summed E-state index contributed by atoms with van der Waals surface area (Å²) >= 11 is 0. The lowest BCUT2D eigenvalue weighted by molar-refractivity contribution is -0.141. The standard InChI is InChI=1S/C45H48N10O4/c1-29(53(2)44(57)39(59-45(46)58)32-15-8-4-9-16-32)40-49-27-35(51-40)30-18-20-33(21-19-30)41-47-25-34(26-48-41)36-28-50-42(52-36)37-17-12-24-55(37)43(56)38(31-13-6-3-7-14-31)54-22-10-5-11-23-54/h3-4,6-9,13-16,18-21,25-29,37-39H,5,10-12,17,22-24H2,1-2H3,(H2,46,58)(H,49,51)(H,50,52)/t29-,37-,38+,39+/m0/s1. The number of H-pyrrole nitrogens is 2. The number of rotatable bonds is 12. The van der Waals surface area contributed by atoms with Crippen LogP contribution in [0.4, 0.5) is 4.79 Å². The molecule has 59 heavy (non-hydrogen) atoms. The average Bonchev–Trinajstić information content (AvgIpc) is 4.09. The number of nitrogens with zero attached hydrogens (tertiary/aromatic N) is 7. The first-order valence-electron chi connectivity index (χ1n) is 20.2. The van der Waals surface area contributed by atoms with Crippen LogP contribution in [0.25, 0.3) is 33.9 Å². The zero-order chi connectivity index (χ0) is 40.9. The molecule has 302 valence electrons. The van der Waals surface area contributed by atoms with E-state index in [0.29, 0.717) is 23.8 Å². The Morgan fingerprint density at radius 3 is 2.03 bits per heavy atom. The Labute approximate surface area is 342 Å². The van der Waals surface area contributed by atoms with Crippen molar-refractivity contribution in [3.05, 3.63) is 132 Å². The molecule has 3 aromatic heterocycles. The van der Waals surface area contributed by atoms with Gasteiger partial charge in [0, 0.05) is 42.7 Å². The minimum atomic E-state index is -1.18. The molecule has 5 heterocycles. The van der Waals surface area contributed by atoms with Gasteiger partial charge in [0.05, 0.1) is 35.9 Å². The van der Waals surface area contributed by atoms with E-state index in [2.05, 4.69) is 42.0 Å². The van der Waals surface area contributed by atoms with Crippen LogP contribution in [0.5, 0.6) is 0 Å². The van der Waals surface area contributed by atoms with Crippen LogP contribution in [0.3, 0.4) is 0 Å². The summed E-state index contributed by atoms with van der Waals surface area (Å²) in [6.07, 6.45) is 10.1. The van der Waals surface area contributed by atoms with Gasteiger partial charge in [-0.15, -0.1) is 0 Å². The number of likely N-dealkylation sites (tertiary alicyclic amines) is 2. The number of imidazole rings is 2. The number of likely N-dealkylation sites (N-methyl/N-ethyl adjacent to an activating group) is 1. The van der Waals surface area contributed by atoms with Crippen LogP contribution in [-0.2, 0) is 14.3 Å². The largest absolute Gasteiger partial charge is 0.431 e. The molecule has 14 nitrogen and oxygen atoms in total. The molecule has 6 aromatic rings. The van der Waals surface area contributed by atoms with Crippen LogP contribution in [0, 0.1) is 0 Å². The predicted molar refractivity (Wildman–Crippen MR) is 222 cm³/mol. The van der Waals surface area contributed by atoms with Crippen molar-refractivity contribution in [2.45, 2.75) is 63.3 Å². The van der Waals surface area contributed by atoms with Crippen molar-refractivity contribution in [3.63, 3.8) is 0 Å². The highest BCUT2D eigenvalue weighted by Gasteiger charge is 2.39. The maximum atomic E-state index is 14.3. The van der Waals surface area contributed by atoms with Gasteiger partial charge in [-0.3, -0.25) is 14.5 Å². The summed E-state index contributed by atoms with van der Waals surface area (Å²) in [4.78, 5) is 70.8. The van der Waals surface area contributed by atoms with Crippen LogP contribution in [-0.4, -0.2) is 89.2 Å². The third-order valence-electron chi connectivity index (χ3n) is 11.4. The van der Waals surface area contributed by atoms with E-state index in [1.54, 1.807) is 56.1 Å². The number of carbonyl (C=O) groups is 3. The van der Waals surface area contributed by atoms with Gasteiger partial charge in [-0.2, -0.15) is 0 Å². The number of piperidine rings is 1. The molecule has 2 saturated heterocycles. The lowest BCUT2D eigenvalue weighted by Gasteiger charge is -2.37. The summed E-state index contributed by atoms with van der Waals surface area (Å²) in [7, 11) is 1.63. The number of primary amides is 1. The summed E-state index contributed by atoms with van der Waals surface area (Å²) in [5.41, 5.74) is 11.0. The number of nitrogens with one attached hydrogen (secondary N) is 2. The fourth-order valence-electron chi connectivity index (χ4n) is 8.12. The topological polar surface area (TPSA) is 179 Å². The van der Waals surface area contributed by atoms with E-state index in [1.807, 2.05) is 60.4 Å². The number of amides is 3. The molecule has 3 aromatic carbocycles. The van der Waals surface area contributed by atoms with E-state index >= 15 is 0 Å². The second kappa shape index (κ2) is 17.4. The molecule has 4 N–H and O–H groups in total. The van der Waals surface area contributed by atoms with Gasteiger partial charge in [-0.25, -0.2) is 24.7 Å². The van der Waals surface area contributed by atoms with Crippen LogP contribution in [0.1, 0.15) is 86.0 Å². The maximum absolute atomic E-state index is 14.3. The summed E-state index contributed by atoms with van der Waals surface area (Å²) in [5.74, 6) is 1.62. The highest BCUT2D eigenvalue weighted by Crippen LogP contribution is 2.36. The number of carbonyl (C=O) groups excluding carboxylic acids is 3. The molecule has 2 aliphatic rings. The zero-order valence-corrected chi connectivity index (χ0v) is 33.2. The maximum Gasteiger partial charge on any atom is 0.405 e. The molecule has 8 rings (SSSR count). The van der Waals surface area contributed by atoms with Crippen LogP contribution in [0.15, 0.2) is 110 Å². The molecular formula is C45H48N10O4. The molecule has 0 saturated carbocycles. The van der Waals surface area contributed by atoms with Crippen molar-refractivity contribution < 1.29 is 19.1 Å². The van der Waals surface area contributed by atoms with Gasteiger partial charge in [0.2, 0.25) is 12.0 Å². The SMILES string of the molecule is C[C@@H](c1ncc(-c2ccc(-c3ncc(-c4cnc([C@@H]5CCCN5C(=O)[C@@H](c5ccccc5)N5CCCCC5)[nH]4)cn3)cc2)[nH]1)N(C)C(=O)[C@H](OC(N)=O)c1ccccc1. The van der Waals surface area contributed by atoms with Gasteiger partial charge >= 0.3 is 6.09 Å². The number of ether oxygens (including phenoxy) is 1. The molecular weight excluding hydrogens is 745 g/mol. The molecule has 2 fully saturated rings. The van der Waals surface area contributed by atoms with E-state index in [-0.39, 0.29) is 18.0 Å². The van der Waals surface area contributed by atoms with Crippen LogP contribution >= 0.6 is 0 Å². The molecule has 0 bridgehead atoms. The smallest absolute Gasteiger partial charge is 0.405 e. The van der Waals surface area contributed by atoms with Crippen LogP contribution in [0.2, 0.25) is 0 Å². The van der Waals surface area contributed by atoms with Gasteiger partial charge < -0.3 is 30.2 Å². The Hall–Kier alpha value is -6.67. The van der Waals surface area contributed by atoms with E-state index < -0.39 is 24.1 Å². The predicted octanol–water partition coefficient (Wildman–Crippen LogP) is 7.17. The second-order valence-electron chi connectivity index (χ2n) is 15.2. The highest BCUT2D eigenvalue weighted by atomic mass is 16.6. The average molecular weight is 793 g/mol. The molecule has 0 unspecified atom stereocenters. The monoisotopic (exact) mass is 792 g/mol. The van der Waals surface area contributed by atoms with Gasteiger partial charge in [-0.1, -0.05) is 91.3 Å². The quantitative estimate of drug-likeness (QED) is 0.116. The summed E-state index contributed by atoms with van der Waals surface area (Å²) in [6, 6.07) is 25.9. The van der Waals surface area contributed by atoms with Crippen LogP contribution < -0.4 is 5.73 Å². The third-order valence-corrected chi connectivity index (χ3v) is 11.4. The Bertz CT molecular complexity index is 2360. The third kappa shape index (κ3) is 8.49. The van der Waals surface area contributed by atoms with Crippen molar-refractivity contribution >= 4 is 17.9 Å². The normalized spacial score (nSPS) is 17.3. The Kier molecular flexibility index (Phi) is 11.6.